The molecule has 0 radical (unpaired) electrons. The Morgan fingerprint density at radius 1 is 1.19 bits per heavy atom. The summed E-state index contributed by atoms with van der Waals surface area (Å²) >= 11 is 12.4. The molecule has 32 heavy (non-hydrogen) atoms. The number of rotatable bonds is 7. The van der Waals surface area contributed by atoms with Gasteiger partial charge in [0.25, 0.3) is 5.91 Å². The molecule has 0 aliphatic heterocycles. The molecule has 0 aliphatic carbocycles. The number of sulfone groups is 1. The normalized spacial score (nSPS) is 12.7. The molecule has 3 aromatic rings. The fourth-order valence-electron chi connectivity index (χ4n) is 3.21. The zero-order valence-corrected chi connectivity index (χ0v) is 19.3. The molecule has 0 bridgehead atoms. The molecule has 3 rings (SSSR count). The Hall–Kier alpha value is -2.66. The molecule has 2 aromatic heterocycles. The van der Waals surface area contributed by atoms with Crippen LogP contribution in [-0.4, -0.2) is 52.4 Å². The summed E-state index contributed by atoms with van der Waals surface area (Å²) in [4.78, 5) is 27.8. The molecule has 2 heterocycles. The van der Waals surface area contributed by atoms with Crippen LogP contribution >= 0.6 is 23.2 Å². The van der Waals surface area contributed by atoms with Crippen LogP contribution in [0.3, 0.4) is 0 Å². The molecule has 3 N–H and O–H groups in total. The van der Waals surface area contributed by atoms with Crippen LogP contribution in [0.4, 0.5) is 0 Å². The summed E-state index contributed by atoms with van der Waals surface area (Å²) in [5.74, 6) is -3.01. The molecule has 170 valence electrons. The van der Waals surface area contributed by atoms with Crippen LogP contribution in [0.1, 0.15) is 27.8 Å². The summed E-state index contributed by atoms with van der Waals surface area (Å²) in [6.45, 7) is 1.24. The number of fused-ring (bicyclic) bond motifs is 1. The van der Waals surface area contributed by atoms with Gasteiger partial charge in [-0.25, -0.2) is 13.4 Å². The van der Waals surface area contributed by atoms with Crippen LogP contribution in [0, 0.1) is 6.92 Å². The molecule has 1 atom stereocenters. The van der Waals surface area contributed by atoms with Crippen molar-refractivity contribution in [2.45, 2.75) is 17.9 Å². The molecule has 12 heteroatoms. The third-order valence-corrected chi connectivity index (χ3v) is 7.47. The lowest BCUT2D eigenvalue weighted by Crippen LogP contribution is -2.32. The third-order valence-electron chi connectivity index (χ3n) is 4.90. The standard InChI is InChI=1S/C20H19Cl2N3O6S/c1-10-17(21)18(22)13-7-15(25(2)19(13)23-10)20(29)24-14(8-26)11-3-5-12(6-4-11)32(30,31)9-16(27)28/h3-7,14,26H,8-9H2,1-2H3,(H,24,29)(H,27,28)/t14-/m1/s1. The van der Waals surface area contributed by atoms with Gasteiger partial charge in [0.1, 0.15) is 11.3 Å². The van der Waals surface area contributed by atoms with Crippen molar-refractivity contribution < 1.29 is 28.2 Å². The van der Waals surface area contributed by atoms with E-state index in [0.717, 1.165) is 0 Å². The van der Waals surface area contributed by atoms with Crippen molar-refractivity contribution in [1.82, 2.24) is 14.9 Å². The molecule has 0 unspecified atom stereocenters. The van der Waals surface area contributed by atoms with Gasteiger partial charge in [-0.05, 0) is 30.7 Å². The molecule has 0 fully saturated rings. The molecule has 0 spiro atoms. The average Bonchev–Trinajstić information content (AvgIpc) is 3.06. The molecule has 9 nitrogen and oxygen atoms in total. The van der Waals surface area contributed by atoms with E-state index < -0.39 is 40.1 Å². The highest BCUT2D eigenvalue weighted by molar-refractivity contribution is 7.92. The summed E-state index contributed by atoms with van der Waals surface area (Å²) in [7, 11) is -2.35. The Kier molecular flexibility index (Phi) is 6.80. The number of hydrogen-bond acceptors (Lipinski definition) is 6. The van der Waals surface area contributed by atoms with Crippen LogP contribution in [0.5, 0.6) is 0 Å². The number of aromatic nitrogens is 2. The second-order valence-corrected chi connectivity index (χ2v) is 9.83. The molecular weight excluding hydrogens is 481 g/mol. The van der Waals surface area contributed by atoms with Gasteiger partial charge in [-0.15, -0.1) is 0 Å². The number of aryl methyl sites for hydroxylation is 2. The van der Waals surface area contributed by atoms with Crippen LogP contribution in [0.2, 0.25) is 10.0 Å². The number of nitrogens with one attached hydrogen (secondary N) is 1. The van der Waals surface area contributed by atoms with Gasteiger partial charge < -0.3 is 20.1 Å². The van der Waals surface area contributed by atoms with Crippen molar-refractivity contribution in [3.63, 3.8) is 0 Å². The first-order valence-corrected chi connectivity index (χ1v) is 11.6. The SMILES string of the molecule is Cc1nc2c(cc(C(=O)N[C@H](CO)c3ccc(S(=O)(=O)CC(=O)O)cc3)n2C)c(Cl)c1Cl. The smallest absolute Gasteiger partial charge is 0.319 e. The fourth-order valence-corrected chi connectivity index (χ4v) is 4.67. The van der Waals surface area contributed by atoms with Crippen LogP contribution in [0.15, 0.2) is 35.2 Å². The van der Waals surface area contributed by atoms with Crippen molar-refractivity contribution >= 4 is 55.9 Å². The summed E-state index contributed by atoms with van der Waals surface area (Å²) in [5.41, 5.74) is 1.65. The maximum atomic E-state index is 12.9. The van der Waals surface area contributed by atoms with Crippen molar-refractivity contribution in [3.05, 3.63) is 57.3 Å². The minimum Gasteiger partial charge on any atom is -0.480 e. The van der Waals surface area contributed by atoms with E-state index in [9.17, 15) is 23.1 Å². The van der Waals surface area contributed by atoms with Gasteiger partial charge in [0.2, 0.25) is 0 Å². The number of amides is 1. The first kappa shape index (κ1) is 24.0. The monoisotopic (exact) mass is 499 g/mol. The lowest BCUT2D eigenvalue weighted by atomic mass is 10.1. The highest BCUT2D eigenvalue weighted by Crippen LogP contribution is 2.33. The number of carboxylic acids is 1. The van der Waals surface area contributed by atoms with Gasteiger partial charge in [0.05, 0.1) is 33.3 Å². The Morgan fingerprint density at radius 3 is 2.38 bits per heavy atom. The molecular formula is C20H19Cl2N3O6S. The number of halogens is 2. The summed E-state index contributed by atoms with van der Waals surface area (Å²) in [6, 6.07) is 5.96. The van der Waals surface area contributed by atoms with Crippen LogP contribution in [-0.2, 0) is 21.7 Å². The van der Waals surface area contributed by atoms with E-state index in [1.54, 1.807) is 24.6 Å². The maximum absolute atomic E-state index is 12.9. The summed E-state index contributed by atoms with van der Waals surface area (Å²) in [6.07, 6.45) is 0. The number of carbonyl (C=O) groups is 2. The van der Waals surface area contributed by atoms with Crippen molar-refractivity contribution in [2.75, 3.05) is 12.4 Å². The minimum atomic E-state index is -3.99. The highest BCUT2D eigenvalue weighted by atomic mass is 35.5. The number of benzene rings is 1. The number of carboxylic acid groups (broad SMARTS) is 1. The molecule has 1 amide bonds. The van der Waals surface area contributed by atoms with E-state index in [1.807, 2.05) is 0 Å². The molecule has 0 saturated heterocycles. The van der Waals surface area contributed by atoms with Gasteiger partial charge in [-0.1, -0.05) is 35.3 Å². The Balaban J connectivity index is 1.88. The predicted octanol–water partition coefficient (Wildman–Crippen LogP) is 2.51. The zero-order valence-electron chi connectivity index (χ0n) is 17.0. The van der Waals surface area contributed by atoms with E-state index in [2.05, 4.69) is 10.3 Å². The van der Waals surface area contributed by atoms with E-state index in [0.29, 0.717) is 27.3 Å². The quantitative estimate of drug-likeness (QED) is 0.453. The van der Waals surface area contributed by atoms with E-state index in [1.165, 1.54) is 24.3 Å². The number of aliphatic hydroxyl groups is 1. The predicted molar refractivity (Wildman–Crippen MR) is 119 cm³/mol. The van der Waals surface area contributed by atoms with Crippen LogP contribution in [0.25, 0.3) is 11.0 Å². The zero-order chi connectivity index (χ0) is 23.8. The lowest BCUT2D eigenvalue weighted by Gasteiger charge is -2.17. The Bertz CT molecular complexity index is 1320. The first-order valence-electron chi connectivity index (χ1n) is 9.23. The first-order chi connectivity index (χ1) is 15.0. The number of nitrogens with zero attached hydrogens (tertiary/aromatic N) is 2. The average molecular weight is 500 g/mol. The van der Waals surface area contributed by atoms with E-state index >= 15 is 0 Å². The second kappa shape index (κ2) is 9.07. The highest BCUT2D eigenvalue weighted by Gasteiger charge is 2.23. The Labute approximate surface area is 193 Å². The van der Waals surface area contributed by atoms with E-state index in [4.69, 9.17) is 28.3 Å². The number of pyridine rings is 1. The fraction of sp³-hybridized carbons (Fsp3) is 0.250. The van der Waals surface area contributed by atoms with Crippen molar-refractivity contribution in [3.8, 4) is 0 Å². The van der Waals surface area contributed by atoms with Crippen molar-refractivity contribution in [1.29, 1.82) is 0 Å². The molecule has 0 aliphatic rings. The van der Waals surface area contributed by atoms with Crippen molar-refractivity contribution in [2.24, 2.45) is 7.05 Å². The molecule has 0 saturated carbocycles. The second-order valence-electron chi connectivity index (χ2n) is 7.08. The largest absolute Gasteiger partial charge is 0.480 e. The van der Waals surface area contributed by atoms with Gasteiger partial charge in [-0.2, -0.15) is 0 Å². The number of aliphatic carboxylic acids is 1. The number of aliphatic hydroxyl groups excluding tert-OH is 1. The topological polar surface area (TPSA) is 139 Å². The van der Waals surface area contributed by atoms with Gasteiger partial charge in [-0.3, -0.25) is 9.59 Å². The summed E-state index contributed by atoms with van der Waals surface area (Å²) in [5, 5.41) is 22.3. The van der Waals surface area contributed by atoms with Crippen LogP contribution < -0.4 is 5.32 Å². The number of carbonyl (C=O) groups excluding carboxylic acids is 1. The lowest BCUT2D eigenvalue weighted by molar-refractivity contribution is -0.134. The van der Waals surface area contributed by atoms with E-state index in [-0.39, 0.29) is 15.6 Å². The minimum absolute atomic E-state index is 0.173. The van der Waals surface area contributed by atoms with Gasteiger partial charge in [0, 0.05) is 12.4 Å². The van der Waals surface area contributed by atoms with Gasteiger partial charge >= 0.3 is 5.97 Å². The maximum Gasteiger partial charge on any atom is 0.319 e. The van der Waals surface area contributed by atoms with Gasteiger partial charge in [0.15, 0.2) is 15.6 Å². The Morgan fingerprint density at radius 2 is 1.81 bits per heavy atom. The third kappa shape index (κ3) is 4.58. The number of hydrogen-bond donors (Lipinski definition) is 3. The molecule has 1 aromatic carbocycles. The summed E-state index contributed by atoms with van der Waals surface area (Å²) < 4.78 is 25.6.